The lowest BCUT2D eigenvalue weighted by Gasteiger charge is -2.32. The average Bonchev–Trinajstić information content (AvgIpc) is 2.88. The second kappa shape index (κ2) is 2.73. The fraction of sp³-hybridized carbons (Fsp3) is 0.909. The first-order chi connectivity index (χ1) is 6.36. The van der Waals surface area contributed by atoms with Gasteiger partial charge in [0.2, 0.25) is 5.91 Å². The van der Waals surface area contributed by atoms with Gasteiger partial charge >= 0.3 is 0 Å². The standard InChI is InChI=1S/C11H17NO/c13-11-10-6-8(10)7-12(11)9-4-2-1-3-5-9/h8-10H,1-7H2. The van der Waals surface area contributed by atoms with Gasteiger partial charge in [-0.25, -0.2) is 0 Å². The molecule has 72 valence electrons. The lowest BCUT2D eigenvalue weighted by molar-refractivity contribution is -0.132. The van der Waals surface area contributed by atoms with Crippen molar-refractivity contribution < 1.29 is 4.79 Å². The molecule has 1 aliphatic heterocycles. The minimum atomic E-state index is 0.460. The van der Waals surface area contributed by atoms with E-state index >= 15 is 0 Å². The molecule has 2 heteroatoms. The summed E-state index contributed by atoms with van der Waals surface area (Å²) in [4.78, 5) is 14.0. The minimum Gasteiger partial charge on any atom is -0.339 e. The van der Waals surface area contributed by atoms with Crippen LogP contribution < -0.4 is 0 Å². The van der Waals surface area contributed by atoms with Gasteiger partial charge in [-0.15, -0.1) is 0 Å². The Morgan fingerprint density at radius 1 is 1.15 bits per heavy atom. The van der Waals surface area contributed by atoms with E-state index in [1.54, 1.807) is 0 Å². The van der Waals surface area contributed by atoms with Gasteiger partial charge in [-0.2, -0.15) is 0 Å². The maximum Gasteiger partial charge on any atom is 0.226 e. The van der Waals surface area contributed by atoms with E-state index in [4.69, 9.17) is 0 Å². The van der Waals surface area contributed by atoms with E-state index in [1.807, 2.05) is 0 Å². The fourth-order valence-electron chi connectivity index (χ4n) is 3.03. The summed E-state index contributed by atoms with van der Waals surface area (Å²) >= 11 is 0. The molecule has 2 unspecified atom stereocenters. The number of likely N-dealkylation sites (tertiary alicyclic amines) is 1. The number of piperidine rings is 1. The normalized spacial score (nSPS) is 39.4. The predicted octanol–water partition coefficient (Wildman–Crippen LogP) is 1.80. The lowest BCUT2D eigenvalue weighted by atomic mass is 9.94. The summed E-state index contributed by atoms with van der Waals surface area (Å²) in [6.45, 7) is 1.09. The first-order valence-corrected chi connectivity index (χ1v) is 5.67. The molecule has 0 aromatic rings. The summed E-state index contributed by atoms with van der Waals surface area (Å²) in [5, 5.41) is 0. The van der Waals surface area contributed by atoms with Crippen molar-refractivity contribution in [3.63, 3.8) is 0 Å². The van der Waals surface area contributed by atoms with Gasteiger partial charge in [0.05, 0.1) is 0 Å². The summed E-state index contributed by atoms with van der Waals surface area (Å²) < 4.78 is 0. The molecule has 13 heavy (non-hydrogen) atoms. The fourth-order valence-corrected chi connectivity index (χ4v) is 3.03. The van der Waals surface area contributed by atoms with Crippen LogP contribution in [0.15, 0.2) is 0 Å². The van der Waals surface area contributed by atoms with Crippen molar-refractivity contribution in [2.24, 2.45) is 11.8 Å². The Kier molecular flexibility index (Phi) is 1.64. The molecule has 3 fully saturated rings. The molecular weight excluding hydrogens is 162 g/mol. The van der Waals surface area contributed by atoms with E-state index in [0.29, 0.717) is 17.9 Å². The van der Waals surface area contributed by atoms with Crippen LogP contribution in [-0.2, 0) is 4.79 Å². The Bertz CT molecular complexity index is 232. The number of carbonyl (C=O) groups excluding carboxylic acids is 1. The largest absolute Gasteiger partial charge is 0.339 e. The van der Waals surface area contributed by atoms with Crippen molar-refractivity contribution in [1.82, 2.24) is 4.90 Å². The summed E-state index contributed by atoms with van der Waals surface area (Å²) in [7, 11) is 0. The van der Waals surface area contributed by atoms with Crippen LogP contribution in [0, 0.1) is 11.8 Å². The van der Waals surface area contributed by atoms with Crippen molar-refractivity contribution in [2.75, 3.05) is 6.54 Å². The number of hydrogen-bond donors (Lipinski definition) is 0. The van der Waals surface area contributed by atoms with Gasteiger partial charge in [0.25, 0.3) is 0 Å². The second-order valence-electron chi connectivity index (χ2n) is 4.88. The summed E-state index contributed by atoms with van der Waals surface area (Å²) in [5.74, 6) is 1.70. The molecule has 2 nitrogen and oxygen atoms in total. The zero-order valence-corrected chi connectivity index (χ0v) is 8.04. The minimum absolute atomic E-state index is 0.460. The third kappa shape index (κ3) is 1.18. The lowest BCUT2D eigenvalue weighted by Crippen LogP contribution is -2.39. The highest BCUT2D eigenvalue weighted by molar-refractivity contribution is 5.84. The Hall–Kier alpha value is -0.530. The molecule has 0 spiro atoms. The molecule has 0 radical (unpaired) electrons. The van der Waals surface area contributed by atoms with Crippen molar-refractivity contribution >= 4 is 5.91 Å². The van der Waals surface area contributed by atoms with Crippen molar-refractivity contribution in [3.05, 3.63) is 0 Å². The van der Waals surface area contributed by atoms with Gasteiger partial charge in [-0.3, -0.25) is 4.79 Å². The third-order valence-corrected chi connectivity index (χ3v) is 3.97. The summed E-state index contributed by atoms with van der Waals surface area (Å²) in [6.07, 6.45) is 7.79. The zero-order valence-electron chi connectivity index (χ0n) is 8.04. The van der Waals surface area contributed by atoms with E-state index in [-0.39, 0.29) is 0 Å². The van der Waals surface area contributed by atoms with Gasteiger partial charge in [0, 0.05) is 18.5 Å². The highest BCUT2D eigenvalue weighted by atomic mass is 16.2. The smallest absolute Gasteiger partial charge is 0.226 e. The van der Waals surface area contributed by atoms with Crippen LogP contribution in [0.4, 0.5) is 0 Å². The Morgan fingerprint density at radius 3 is 2.54 bits per heavy atom. The molecule has 1 saturated heterocycles. The Morgan fingerprint density at radius 2 is 1.92 bits per heavy atom. The Balaban J connectivity index is 1.67. The first-order valence-electron chi connectivity index (χ1n) is 5.67. The Labute approximate surface area is 79.3 Å². The van der Waals surface area contributed by atoms with Crippen LogP contribution in [0.25, 0.3) is 0 Å². The average molecular weight is 179 g/mol. The monoisotopic (exact) mass is 179 g/mol. The van der Waals surface area contributed by atoms with Gasteiger partial charge in [-0.05, 0) is 25.2 Å². The zero-order chi connectivity index (χ0) is 8.84. The third-order valence-electron chi connectivity index (χ3n) is 3.97. The molecular formula is C11H17NO. The van der Waals surface area contributed by atoms with Gasteiger partial charge in [-0.1, -0.05) is 19.3 Å². The quantitative estimate of drug-likeness (QED) is 0.601. The molecule has 2 aliphatic carbocycles. The first kappa shape index (κ1) is 7.84. The highest BCUT2D eigenvalue weighted by Gasteiger charge is 2.53. The number of hydrogen-bond acceptors (Lipinski definition) is 1. The molecule has 1 amide bonds. The van der Waals surface area contributed by atoms with Crippen molar-refractivity contribution in [3.8, 4) is 0 Å². The van der Waals surface area contributed by atoms with Gasteiger partial charge < -0.3 is 4.90 Å². The topological polar surface area (TPSA) is 20.3 Å². The van der Waals surface area contributed by atoms with E-state index in [2.05, 4.69) is 4.90 Å². The SMILES string of the molecule is O=C1C2CC2CN1C1CCCCC1. The second-order valence-corrected chi connectivity index (χ2v) is 4.88. The molecule has 0 aromatic carbocycles. The van der Waals surface area contributed by atoms with Crippen LogP contribution in [0.2, 0.25) is 0 Å². The number of fused-ring (bicyclic) bond motifs is 1. The number of nitrogens with zero attached hydrogens (tertiary/aromatic N) is 1. The molecule has 0 bridgehead atoms. The van der Waals surface area contributed by atoms with Crippen LogP contribution in [0.3, 0.4) is 0 Å². The highest BCUT2D eigenvalue weighted by Crippen LogP contribution is 2.47. The molecule has 0 N–H and O–H groups in total. The van der Waals surface area contributed by atoms with Crippen molar-refractivity contribution in [2.45, 2.75) is 44.6 Å². The van der Waals surface area contributed by atoms with Gasteiger partial charge in [0.1, 0.15) is 0 Å². The van der Waals surface area contributed by atoms with E-state index < -0.39 is 0 Å². The molecule has 2 saturated carbocycles. The van der Waals surface area contributed by atoms with Crippen LogP contribution in [-0.4, -0.2) is 23.4 Å². The summed E-state index contributed by atoms with van der Waals surface area (Å²) in [6, 6.07) is 0.619. The van der Waals surface area contributed by atoms with Gasteiger partial charge in [0.15, 0.2) is 0 Å². The predicted molar refractivity (Wildman–Crippen MR) is 50.2 cm³/mol. The van der Waals surface area contributed by atoms with E-state index in [1.165, 1.54) is 38.5 Å². The van der Waals surface area contributed by atoms with Crippen molar-refractivity contribution in [1.29, 1.82) is 0 Å². The molecule has 2 atom stereocenters. The number of amides is 1. The molecule has 3 aliphatic rings. The van der Waals surface area contributed by atoms with Crippen LogP contribution in [0.1, 0.15) is 38.5 Å². The molecule has 1 heterocycles. The van der Waals surface area contributed by atoms with Crippen LogP contribution in [0.5, 0.6) is 0 Å². The maximum atomic E-state index is 11.8. The maximum absolute atomic E-state index is 11.8. The molecule has 0 aromatic heterocycles. The number of carbonyl (C=O) groups is 1. The van der Waals surface area contributed by atoms with E-state index in [9.17, 15) is 4.79 Å². The number of rotatable bonds is 1. The van der Waals surface area contributed by atoms with Crippen LogP contribution >= 0.6 is 0 Å². The summed E-state index contributed by atoms with van der Waals surface area (Å²) in [5.41, 5.74) is 0. The van der Waals surface area contributed by atoms with E-state index in [0.717, 1.165) is 12.5 Å². The molecule has 3 rings (SSSR count).